The Morgan fingerprint density at radius 2 is 2.12 bits per heavy atom. The van der Waals surface area contributed by atoms with Gasteiger partial charge in [0.05, 0.1) is 5.71 Å². The summed E-state index contributed by atoms with van der Waals surface area (Å²) in [5, 5.41) is 12.1. The summed E-state index contributed by atoms with van der Waals surface area (Å²) in [6.45, 7) is 0. The smallest absolute Gasteiger partial charge is 0.217 e. The highest BCUT2D eigenvalue weighted by molar-refractivity contribution is 7.99. The molecule has 0 radical (unpaired) electrons. The fraction of sp³-hybridized carbons (Fsp3) is 0.100. The molecule has 0 aliphatic carbocycles. The van der Waals surface area contributed by atoms with E-state index in [9.17, 15) is 0 Å². The molecule has 0 atom stereocenters. The van der Waals surface area contributed by atoms with Gasteiger partial charge in [0.15, 0.2) is 0 Å². The van der Waals surface area contributed by atoms with Crippen LogP contribution in [0.1, 0.15) is 5.56 Å². The maximum atomic E-state index is 5.10. The van der Waals surface area contributed by atoms with Gasteiger partial charge in [-0.05, 0) is 17.8 Å². The highest BCUT2D eigenvalue weighted by Gasteiger charge is 2.15. The van der Waals surface area contributed by atoms with Crippen LogP contribution < -0.4 is 0 Å². The number of benzene rings is 1. The molecule has 2 aromatic rings. The van der Waals surface area contributed by atoms with Crippen LogP contribution in [0.15, 0.2) is 40.6 Å². The fourth-order valence-electron chi connectivity index (χ4n) is 1.51. The predicted octanol–water partition coefficient (Wildman–Crippen LogP) is 2.30. The van der Waals surface area contributed by atoms with Gasteiger partial charge in [0.25, 0.3) is 0 Å². The topological polar surface area (TPSA) is 46.0 Å². The van der Waals surface area contributed by atoms with Crippen LogP contribution >= 0.6 is 24.0 Å². The Morgan fingerprint density at radius 3 is 2.94 bits per heavy atom. The van der Waals surface area contributed by atoms with Gasteiger partial charge in [0.1, 0.15) is 0 Å². The summed E-state index contributed by atoms with van der Waals surface area (Å²) in [6.07, 6.45) is 0. The Morgan fingerprint density at radius 1 is 1.31 bits per heavy atom. The first kappa shape index (κ1) is 9.80. The van der Waals surface area contributed by atoms with Crippen molar-refractivity contribution in [1.82, 2.24) is 14.9 Å². The highest BCUT2D eigenvalue weighted by Crippen LogP contribution is 2.22. The number of rotatable bonds is 1. The number of nitrogens with one attached hydrogen (secondary N) is 1. The van der Waals surface area contributed by atoms with Gasteiger partial charge in [-0.3, -0.25) is 0 Å². The van der Waals surface area contributed by atoms with Crippen molar-refractivity contribution in [2.75, 3.05) is 5.75 Å². The third-order valence-corrected chi connectivity index (χ3v) is 3.49. The predicted molar refractivity (Wildman–Crippen MR) is 66.5 cm³/mol. The van der Waals surface area contributed by atoms with E-state index < -0.39 is 0 Å². The maximum absolute atomic E-state index is 5.10. The molecule has 4 nitrogen and oxygen atoms in total. The number of hydrogen-bond donors (Lipinski definition) is 1. The third kappa shape index (κ3) is 1.60. The van der Waals surface area contributed by atoms with Gasteiger partial charge in [0, 0.05) is 5.75 Å². The Hall–Kier alpha value is -1.40. The molecule has 1 aliphatic rings. The minimum absolute atomic E-state index is 0.538. The number of hydrogen-bond acceptors (Lipinski definition) is 4. The van der Waals surface area contributed by atoms with E-state index in [4.69, 9.17) is 12.2 Å². The molecule has 1 N–H and O–H groups in total. The second-order valence-corrected chi connectivity index (χ2v) is 4.65. The van der Waals surface area contributed by atoms with Crippen LogP contribution in [0.25, 0.3) is 0 Å². The summed E-state index contributed by atoms with van der Waals surface area (Å²) in [4.78, 5) is 0. The summed E-state index contributed by atoms with van der Waals surface area (Å²) in [5.74, 6) is 0.823. The summed E-state index contributed by atoms with van der Waals surface area (Å²) in [5.41, 5.74) is 2.15. The zero-order chi connectivity index (χ0) is 11.0. The molecule has 80 valence electrons. The zero-order valence-corrected chi connectivity index (χ0v) is 9.88. The summed E-state index contributed by atoms with van der Waals surface area (Å²) >= 11 is 6.74. The van der Waals surface area contributed by atoms with Crippen molar-refractivity contribution >= 4 is 29.7 Å². The Kier molecular flexibility index (Phi) is 2.37. The van der Waals surface area contributed by atoms with Crippen molar-refractivity contribution in [3.05, 3.63) is 40.7 Å². The lowest BCUT2D eigenvalue weighted by atomic mass is 10.1. The molecule has 0 fully saturated rings. The van der Waals surface area contributed by atoms with Crippen molar-refractivity contribution in [3.8, 4) is 0 Å². The van der Waals surface area contributed by atoms with Gasteiger partial charge in [-0.25, -0.2) is 5.10 Å². The Balaban J connectivity index is 2.10. The van der Waals surface area contributed by atoms with Crippen LogP contribution in [0.2, 0.25) is 0 Å². The van der Waals surface area contributed by atoms with Crippen LogP contribution in [0.3, 0.4) is 0 Å². The van der Waals surface area contributed by atoms with Crippen LogP contribution in [0.4, 0.5) is 0 Å². The van der Waals surface area contributed by atoms with Gasteiger partial charge >= 0.3 is 0 Å². The molecule has 0 unspecified atom stereocenters. The van der Waals surface area contributed by atoms with Gasteiger partial charge in [0.2, 0.25) is 9.93 Å². The molecule has 16 heavy (non-hydrogen) atoms. The van der Waals surface area contributed by atoms with Crippen molar-refractivity contribution in [2.45, 2.75) is 5.16 Å². The van der Waals surface area contributed by atoms with E-state index in [0.29, 0.717) is 4.77 Å². The highest BCUT2D eigenvalue weighted by atomic mass is 32.2. The molecule has 3 rings (SSSR count). The van der Waals surface area contributed by atoms with Crippen LogP contribution in [0, 0.1) is 4.77 Å². The van der Waals surface area contributed by atoms with E-state index in [1.165, 1.54) is 0 Å². The van der Waals surface area contributed by atoms with E-state index in [0.717, 1.165) is 22.2 Å². The van der Waals surface area contributed by atoms with Gasteiger partial charge in [-0.15, -0.1) is 5.10 Å². The lowest BCUT2D eigenvalue weighted by Crippen LogP contribution is -2.12. The summed E-state index contributed by atoms with van der Waals surface area (Å²) in [7, 11) is 0. The Bertz CT molecular complexity index is 597. The first-order chi connectivity index (χ1) is 7.84. The van der Waals surface area contributed by atoms with Gasteiger partial charge in [-0.1, -0.05) is 42.1 Å². The molecule has 0 saturated heterocycles. The summed E-state index contributed by atoms with van der Waals surface area (Å²) < 4.78 is 2.21. The van der Waals surface area contributed by atoms with E-state index >= 15 is 0 Å². The standard InChI is InChI=1S/C10H8N4S2/c15-9-11-12-10-14(9)13-8(6-16-10)7-4-2-1-3-5-7/h1-5H,6H2,(H,11,15). The van der Waals surface area contributed by atoms with Gasteiger partial charge < -0.3 is 0 Å². The van der Waals surface area contributed by atoms with Crippen LogP contribution in [-0.4, -0.2) is 26.3 Å². The number of aromatic amines is 1. The largest absolute Gasteiger partial charge is 0.249 e. The zero-order valence-electron chi connectivity index (χ0n) is 8.25. The quantitative estimate of drug-likeness (QED) is 0.788. The average molecular weight is 248 g/mol. The number of aromatic nitrogens is 3. The van der Waals surface area contributed by atoms with E-state index in [2.05, 4.69) is 15.3 Å². The summed E-state index contributed by atoms with van der Waals surface area (Å²) in [6, 6.07) is 10.1. The molecular formula is C10H8N4S2. The van der Waals surface area contributed by atoms with Crippen LogP contribution in [-0.2, 0) is 0 Å². The minimum atomic E-state index is 0.538. The number of fused-ring (bicyclic) bond motifs is 1. The molecule has 1 aromatic heterocycles. The molecule has 0 saturated carbocycles. The van der Waals surface area contributed by atoms with Crippen LogP contribution in [0.5, 0.6) is 0 Å². The Labute approximate surface area is 101 Å². The van der Waals surface area contributed by atoms with E-state index in [1.54, 1.807) is 16.4 Å². The monoisotopic (exact) mass is 248 g/mol. The lowest BCUT2D eigenvalue weighted by Gasteiger charge is -2.11. The lowest BCUT2D eigenvalue weighted by molar-refractivity contribution is 0.749. The first-order valence-corrected chi connectivity index (χ1v) is 6.17. The number of nitrogens with zero attached hydrogens (tertiary/aromatic N) is 3. The molecule has 0 amide bonds. The second-order valence-electron chi connectivity index (χ2n) is 3.32. The molecule has 0 bridgehead atoms. The van der Waals surface area contributed by atoms with Crippen molar-refractivity contribution in [1.29, 1.82) is 0 Å². The molecule has 6 heteroatoms. The normalized spacial score (nSPS) is 14.4. The van der Waals surface area contributed by atoms with Crippen molar-refractivity contribution < 1.29 is 0 Å². The van der Waals surface area contributed by atoms with Crippen molar-refractivity contribution in [3.63, 3.8) is 0 Å². The first-order valence-electron chi connectivity index (χ1n) is 4.78. The minimum Gasteiger partial charge on any atom is -0.249 e. The van der Waals surface area contributed by atoms with Crippen molar-refractivity contribution in [2.24, 2.45) is 5.10 Å². The molecule has 0 spiro atoms. The molecule has 2 heterocycles. The van der Waals surface area contributed by atoms with Gasteiger partial charge in [-0.2, -0.15) is 9.78 Å². The maximum Gasteiger partial charge on any atom is 0.217 e. The SMILES string of the molecule is S=c1[nH]nc2n1N=C(c1ccccc1)CS2. The third-order valence-electron chi connectivity index (χ3n) is 2.29. The molecule has 1 aromatic carbocycles. The molecule has 1 aliphatic heterocycles. The van der Waals surface area contributed by atoms with E-state index in [1.807, 2.05) is 30.3 Å². The molecular weight excluding hydrogens is 240 g/mol. The average Bonchev–Trinajstić information content (AvgIpc) is 2.72. The fourth-order valence-corrected chi connectivity index (χ4v) is 2.60. The van der Waals surface area contributed by atoms with E-state index in [-0.39, 0.29) is 0 Å². The second kappa shape index (κ2) is 3.88. The number of thioether (sulfide) groups is 1. The number of H-pyrrole nitrogens is 1.